The number of ether oxygens (including phenoxy) is 1. The normalized spacial score (nSPS) is 20.7. The predicted molar refractivity (Wildman–Crippen MR) is 93.9 cm³/mol. The van der Waals surface area contributed by atoms with Crippen molar-refractivity contribution < 1.29 is 19.2 Å². The quantitative estimate of drug-likeness (QED) is 0.817. The first-order chi connectivity index (χ1) is 12.0. The van der Waals surface area contributed by atoms with E-state index in [1.165, 1.54) is 14.0 Å². The molecule has 8 nitrogen and oxygen atoms in total. The summed E-state index contributed by atoms with van der Waals surface area (Å²) in [5.41, 5.74) is 2.95. The van der Waals surface area contributed by atoms with Crippen molar-refractivity contribution in [1.82, 2.24) is 5.32 Å². The van der Waals surface area contributed by atoms with Crippen molar-refractivity contribution in [2.75, 3.05) is 36.5 Å². The first-order valence-electron chi connectivity index (χ1n) is 8.26. The number of cyclic esters (lactones) is 1. The summed E-state index contributed by atoms with van der Waals surface area (Å²) in [6.45, 7) is 5.01. The minimum atomic E-state index is -0.397. The molecule has 1 aromatic carbocycles. The molecule has 2 aliphatic rings. The van der Waals surface area contributed by atoms with Crippen molar-refractivity contribution in [3.8, 4) is 0 Å². The highest BCUT2D eigenvalue weighted by Gasteiger charge is 2.34. The number of fused-ring (bicyclic) bond motifs is 1. The second-order valence-electron chi connectivity index (χ2n) is 5.98. The van der Waals surface area contributed by atoms with Crippen LogP contribution in [0.5, 0.6) is 0 Å². The molecular formula is C17H22N4O4. The summed E-state index contributed by atoms with van der Waals surface area (Å²) in [5.74, 6) is 0.710. The Bertz CT molecular complexity index is 719. The lowest BCUT2D eigenvalue weighted by atomic mass is 10.1. The van der Waals surface area contributed by atoms with Gasteiger partial charge in [0.05, 0.1) is 13.1 Å². The lowest BCUT2D eigenvalue weighted by Crippen LogP contribution is -2.33. The molecule has 0 bridgehead atoms. The van der Waals surface area contributed by atoms with Crippen LogP contribution in [-0.2, 0) is 20.8 Å². The number of carbonyl (C=O) groups excluding carboxylic acids is 2. The van der Waals surface area contributed by atoms with Crippen molar-refractivity contribution >= 4 is 29.2 Å². The van der Waals surface area contributed by atoms with Gasteiger partial charge in [-0.05, 0) is 30.7 Å². The average Bonchev–Trinajstić information content (AvgIpc) is 3.12. The third kappa shape index (κ3) is 3.38. The number of hydrogen-bond donors (Lipinski definition) is 1. The molecule has 0 saturated carbocycles. The molecule has 1 aromatic rings. The van der Waals surface area contributed by atoms with Gasteiger partial charge in [-0.3, -0.25) is 9.69 Å². The first kappa shape index (κ1) is 17.1. The summed E-state index contributed by atoms with van der Waals surface area (Å²) in [6, 6.07) is 5.87. The predicted octanol–water partition coefficient (Wildman–Crippen LogP) is 1.49. The molecule has 0 aromatic heterocycles. The maximum Gasteiger partial charge on any atom is 0.414 e. The summed E-state index contributed by atoms with van der Waals surface area (Å²) in [6.07, 6.45) is -0.0860. The number of amidine groups is 1. The van der Waals surface area contributed by atoms with Crippen LogP contribution in [0.15, 0.2) is 23.4 Å². The molecule has 8 heteroatoms. The Morgan fingerprint density at radius 3 is 2.96 bits per heavy atom. The highest BCUT2D eigenvalue weighted by atomic mass is 16.6. The molecule has 0 radical (unpaired) electrons. The number of hydrogen-bond acceptors (Lipinski definition) is 5. The zero-order valence-electron chi connectivity index (χ0n) is 14.6. The Hall–Kier alpha value is -2.77. The maximum absolute atomic E-state index is 12.2. The highest BCUT2D eigenvalue weighted by molar-refractivity contribution is 6.05. The molecule has 0 unspecified atom stereocenters. The number of amides is 2. The Morgan fingerprint density at radius 1 is 1.48 bits per heavy atom. The van der Waals surface area contributed by atoms with Crippen LogP contribution in [0, 0.1) is 0 Å². The number of oxime groups is 1. The van der Waals surface area contributed by atoms with E-state index in [1.807, 2.05) is 18.2 Å². The Kier molecular flexibility index (Phi) is 4.78. The van der Waals surface area contributed by atoms with E-state index in [-0.39, 0.29) is 12.0 Å². The average molecular weight is 346 g/mol. The van der Waals surface area contributed by atoms with Gasteiger partial charge in [-0.2, -0.15) is 0 Å². The van der Waals surface area contributed by atoms with Gasteiger partial charge in [0.25, 0.3) is 0 Å². The Morgan fingerprint density at radius 2 is 2.28 bits per heavy atom. The van der Waals surface area contributed by atoms with E-state index in [2.05, 4.69) is 22.3 Å². The number of rotatable bonds is 5. The van der Waals surface area contributed by atoms with Gasteiger partial charge in [0.1, 0.15) is 13.2 Å². The molecule has 134 valence electrons. The summed E-state index contributed by atoms with van der Waals surface area (Å²) in [5, 5.41) is 6.76. The number of anilines is 2. The molecule has 0 aliphatic carbocycles. The number of nitrogens with one attached hydrogen (secondary N) is 1. The molecule has 1 saturated heterocycles. The molecule has 2 amide bonds. The molecular weight excluding hydrogens is 324 g/mol. The van der Waals surface area contributed by atoms with E-state index in [1.54, 1.807) is 4.90 Å². The van der Waals surface area contributed by atoms with E-state index >= 15 is 0 Å². The zero-order valence-corrected chi connectivity index (χ0v) is 14.6. The molecule has 3 rings (SSSR count). The van der Waals surface area contributed by atoms with E-state index in [0.717, 1.165) is 29.3 Å². The van der Waals surface area contributed by atoms with Gasteiger partial charge in [-0.25, -0.2) is 4.79 Å². The summed E-state index contributed by atoms with van der Waals surface area (Å²) < 4.78 is 5.32. The molecule has 1 atom stereocenters. The monoisotopic (exact) mass is 346 g/mol. The molecule has 2 heterocycles. The van der Waals surface area contributed by atoms with Gasteiger partial charge >= 0.3 is 6.09 Å². The van der Waals surface area contributed by atoms with E-state index in [4.69, 9.17) is 9.57 Å². The van der Waals surface area contributed by atoms with E-state index in [0.29, 0.717) is 19.5 Å². The number of likely N-dealkylation sites (N-methyl/N-ethyl adjacent to an activating group) is 1. The van der Waals surface area contributed by atoms with E-state index in [9.17, 15) is 9.59 Å². The fourth-order valence-electron chi connectivity index (χ4n) is 3.19. The molecule has 1 N–H and O–H groups in total. The first-order valence-corrected chi connectivity index (χ1v) is 8.26. The van der Waals surface area contributed by atoms with Gasteiger partial charge in [0.2, 0.25) is 5.91 Å². The highest BCUT2D eigenvalue weighted by Crippen LogP contribution is 2.34. The fraction of sp³-hybridized carbons (Fsp3) is 0.471. The van der Waals surface area contributed by atoms with Gasteiger partial charge in [-0.1, -0.05) is 5.16 Å². The van der Waals surface area contributed by atoms with Gasteiger partial charge in [0, 0.05) is 31.3 Å². The smallest absolute Gasteiger partial charge is 0.414 e. The lowest BCUT2D eigenvalue weighted by Gasteiger charge is -2.18. The van der Waals surface area contributed by atoms with Crippen LogP contribution in [-0.4, -0.2) is 50.7 Å². The third-order valence-electron chi connectivity index (χ3n) is 4.29. The molecule has 25 heavy (non-hydrogen) atoms. The standard InChI is InChI=1S/C17H22N4O4/c1-4-20-15-6-5-13(7-12(15)8-16(20)19-24-3)21-10-14(25-17(21)23)9-18-11(2)22/h5-7,14H,4,8-10H2,1-3H3,(H,18,22)/t14-/m0/s1. The van der Waals surface area contributed by atoms with Crippen molar-refractivity contribution in [2.45, 2.75) is 26.4 Å². The minimum Gasteiger partial charge on any atom is -0.442 e. The van der Waals surface area contributed by atoms with Gasteiger partial charge < -0.3 is 19.8 Å². The number of benzene rings is 1. The van der Waals surface area contributed by atoms with Gasteiger partial charge in [-0.15, -0.1) is 0 Å². The molecule has 0 spiro atoms. The Balaban J connectivity index is 1.77. The van der Waals surface area contributed by atoms with Crippen LogP contribution < -0.4 is 15.1 Å². The number of nitrogens with zero attached hydrogens (tertiary/aromatic N) is 3. The third-order valence-corrected chi connectivity index (χ3v) is 4.29. The lowest BCUT2D eigenvalue weighted by molar-refractivity contribution is -0.119. The molecule has 1 fully saturated rings. The second-order valence-corrected chi connectivity index (χ2v) is 5.98. The van der Waals surface area contributed by atoms with Crippen LogP contribution in [0.1, 0.15) is 19.4 Å². The summed E-state index contributed by atoms with van der Waals surface area (Å²) in [7, 11) is 1.53. The van der Waals surface area contributed by atoms with Crippen molar-refractivity contribution in [3.63, 3.8) is 0 Å². The second kappa shape index (κ2) is 7.00. The topological polar surface area (TPSA) is 83.5 Å². The van der Waals surface area contributed by atoms with Crippen LogP contribution >= 0.6 is 0 Å². The largest absolute Gasteiger partial charge is 0.442 e. The Labute approximate surface area is 146 Å². The van der Waals surface area contributed by atoms with E-state index < -0.39 is 6.09 Å². The van der Waals surface area contributed by atoms with Crippen molar-refractivity contribution in [2.24, 2.45) is 5.16 Å². The van der Waals surface area contributed by atoms with Crippen LogP contribution in [0.25, 0.3) is 0 Å². The number of carbonyl (C=O) groups is 2. The van der Waals surface area contributed by atoms with Gasteiger partial charge in [0.15, 0.2) is 5.84 Å². The van der Waals surface area contributed by atoms with Crippen molar-refractivity contribution in [1.29, 1.82) is 0 Å². The van der Waals surface area contributed by atoms with Crippen LogP contribution in [0.2, 0.25) is 0 Å². The van der Waals surface area contributed by atoms with Crippen molar-refractivity contribution in [3.05, 3.63) is 23.8 Å². The minimum absolute atomic E-state index is 0.142. The summed E-state index contributed by atoms with van der Waals surface area (Å²) >= 11 is 0. The maximum atomic E-state index is 12.2. The molecule has 2 aliphatic heterocycles. The zero-order chi connectivity index (χ0) is 18.0. The SMILES string of the molecule is CCN1C(=NOC)Cc2cc(N3C[C@H](CNC(C)=O)OC3=O)ccc21. The van der Waals surface area contributed by atoms with Crippen LogP contribution in [0.4, 0.5) is 16.2 Å². The van der Waals surface area contributed by atoms with Crippen LogP contribution in [0.3, 0.4) is 0 Å². The fourth-order valence-corrected chi connectivity index (χ4v) is 3.19. The summed E-state index contributed by atoms with van der Waals surface area (Å²) in [4.78, 5) is 31.8.